The predicted molar refractivity (Wildman–Crippen MR) is 132 cm³/mol. The van der Waals surface area contributed by atoms with Gasteiger partial charge in [-0.25, -0.2) is 5.43 Å². The molecule has 1 heterocycles. The third-order valence-corrected chi connectivity index (χ3v) is 6.45. The van der Waals surface area contributed by atoms with Crippen LogP contribution >= 0.6 is 15.9 Å². The molecule has 0 radical (unpaired) electrons. The number of methoxy groups -OCH3 is 1. The molecule has 0 fully saturated rings. The Labute approximate surface area is 194 Å². The third kappa shape index (κ3) is 4.79. The van der Waals surface area contributed by atoms with E-state index in [0.717, 1.165) is 22.0 Å². The van der Waals surface area contributed by atoms with E-state index in [9.17, 15) is 4.79 Å². The summed E-state index contributed by atoms with van der Waals surface area (Å²) < 4.78 is 6.09. The summed E-state index contributed by atoms with van der Waals surface area (Å²) in [5, 5.41) is 4.23. The van der Waals surface area contributed by atoms with E-state index in [-0.39, 0.29) is 11.4 Å². The van der Waals surface area contributed by atoms with Gasteiger partial charge in [0.25, 0.3) is 5.91 Å². The lowest BCUT2D eigenvalue weighted by atomic mass is 9.78. The van der Waals surface area contributed by atoms with E-state index in [4.69, 9.17) is 4.74 Å². The van der Waals surface area contributed by atoms with Gasteiger partial charge >= 0.3 is 0 Å². The van der Waals surface area contributed by atoms with Crippen LogP contribution < -0.4 is 15.1 Å². The number of halogens is 1. The lowest BCUT2D eigenvalue weighted by Crippen LogP contribution is -2.51. The van der Waals surface area contributed by atoms with Crippen molar-refractivity contribution in [1.29, 1.82) is 0 Å². The van der Waals surface area contributed by atoms with E-state index in [2.05, 4.69) is 85.0 Å². The van der Waals surface area contributed by atoms with Crippen LogP contribution in [0.5, 0.6) is 5.75 Å². The van der Waals surface area contributed by atoms with Crippen molar-refractivity contribution in [3.05, 3.63) is 57.1 Å². The largest absolute Gasteiger partial charge is 0.496 e. The summed E-state index contributed by atoms with van der Waals surface area (Å²) in [6.07, 6.45) is 2.82. The van der Waals surface area contributed by atoms with Crippen molar-refractivity contribution in [3.8, 4) is 5.75 Å². The Morgan fingerprint density at radius 1 is 1.32 bits per heavy atom. The zero-order valence-corrected chi connectivity index (χ0v) is 21.0. The van der Waals surface area contributed by atoms with Crippen molar-refractivity contribution in [2.24, 2.45) is 5.10 Å². The summed E-state index contributed by atoms with van der Waals surface area (Å²) in [4.78, 5) is 15.1. The quantitative estimate of drug-likeness (QED) is 0.415. The molecule has 6 heteroatoms. The average molecular weight is 486 g/mol. The molecule has 2 aromatic rings. The van der Waals surface area contributed by atoms with Crippen LogP contribution in [0.25, 0.3) is 0 Å². The standard InChI is InChI=1S/C25H32BrN3O2/c1-15(2)29-22-10-16(3)18(11-20(22)17(4)13-25(29,5)6)14-27-28-24(30)21-12-19(26)8-9-23(21)31-7/h8-12,14-15,17H,13H2,1-7H3,(H,28,30)/b27-14-/t17-/m0/s1. The molecule has 5 nitrogen and oxygen atoms in total. The van der Waals surface area contributed by atoms with Gasteiger partial charge in [0.1, 0.15) is 5.75 Å². The highest BCUT2D eigenvalue weighted by molar-refractivity contribution is 9.10. The molecule has 0 saturated heterocycles. The number of nitrogens with one attached hydrogen (secondary N) is 1. The predicted octanol–water partition coefficient (Wildman–Crippen LogP) is 6.03. The number of hydrazone groups is 1. The van der Waals surface area contributed by atoms with E-state index in [0.29, 0.717) is 23.3 Å². The molecule has 0 unspecified atom stereocenters. The Balaban J connectivity index is 1.87. The molecular weight excluding hydrogens is 454 g/mol. The summed E-state index contributed by atoms with van der Waals surface area (Å²) in [7, 11) is 1.54. The number of anilines is 1. The number of nitrogens with zero attached hydrogens (tertiary/aromatic N) is 2. The molecule has 0 aliphatic carbocycles. The van der Waals surface area contributed by atoms with E-state index in [1.807, 2.05) is 6.07 Å². The first-order valence-electron chi connectivity index (χ1n) is 10.7. The van der Waals surface area contributed by atoms with Crippen LogP contribution in [0.1, 0.15) is 74.0 Å². The minimum Gasteiger partial charge on any atom is -0.496 e. The first-order valence-corrected chi connectivity index (χ1v) is 11.4. The average Bonchev–Trinajstić information content (AvgIpc) is 2.67. The fraction of sp³-hybridized carbons (Fsp3) is 0.440. The fourth-order valence-corrected chi connectivity index (χ4v) is 5.17. The number of aryl methyl sites for hydroxylation is 1. The summed E-state index contributed by atoms with van der Waals surface area (Å²) in [5.74, 6) is 0.644. The molecular formula is C25H32BrN3O2. The van der Waals surface area contributed by atoms with Gasteiger partial charge < -0.3 is 9.64 Å². The SMILES string of the molecule is COc1ccc(Br)cc1C(=O)N/N=C\c1cc2c(cc1C)N(C(C)C)C(C)(C)C[C@@H]2C. The number of hydrogen-bond acceptors (Lipinski definition) is 4. The Bertz CT molecular complexity index is 1010. The normalized spacial score (nSPS) is 17.7. The highest BCUT2D eigenvalue weighted by Gasteiger charge is 2.37. The van der Waals surface area contributed by atoms with Crippen molar-refractivity contribution in [2.75, 3.05) is 12.0 Å². The second-order valence-corrected chi connectivity index (χ2v) is 10.1. The number of hydrogen-bond donors (Lipinski definition) is 1. The van der Waals surface area contributed by atoms with Crippen LogP contribution in [-0.4, -0.2) is 30.8 Å². The zero-order chi connectivity index (χ0) is 22.9. The summed E-state index contributed by atoms with van der Waals surface area (Å²) in [5.41, 5.74) is 7.95. The van der Waals surface area contributed by atoms with Crippen LogP contribution in [0.3, 0.4) is 0 Å². The molecule has 31 heavy (non-hydrogen) atoms. The molecule has 1 amide bonds. The van der Waals surface area contributed by atoms with Crippen LogP contribution in [0.4, 0.5) is 5.69 Å². The van der Waals surface area contributed by atoms with Crippen LogP contribution in [0.2, 0.25) is 0 Å². The summed E-state index contributed by atoms with van der Waals surface area (Å²) in [6, 6.07) is 10.2. The van der Waals surface area contributed by atoms with Crippen LogP contribution in [0.15, 0.2) is 39.9 Å². The van der Waals surface area contributed by atoms with E-state index < -0.39 is 0 Å². The summed E-state index contributed by atoms with van der Waals surface area (Å²) >= 11 is 3.39. The molecule has 1 N–H and O–H groups in total. The van der Waals surface area contributed by atoms with Gasteiger partial charge in [0.2, 0.25) is 0 Å². The van der Waals surface area contributed by atoms with Gasteiger partial charge in [-0.2, -0.15) is 5.10 Å². The molecule has 1 atom stereocenters. The van der Waals surface area contributed by atoms with Crippen molar-refractivity contribution in [2.45, 2.75) is 65.5 Å². The van der Waals surface area contributed by atoms with Crippen molar-refractivity contribution >= 4 is 33.7 Å². The maximum absolute atomic E-state index is 12.6. The number of fused-ring (bicyclic) bond motifs is 1. The highest BCUT2D eigenvalue weighted by atomic mass is 79.9. The minimum absolute atomic E-state index is 0.111. The molecule has 0 saturated carbocycles. The van der Waals surface area contributed by atoms with Gasteiger partial charge in [-0.3, -0.25) is 4.79 Å². The molecule has 0 bridgehead atoms. The number of benzene rings is 2. The zero-order valence-electron chi connectivity index (χ0n) is 19.4. The number of ether oxygens (including phenoxy) is 1. The lowest BCUT2D eigenvalue weighted by Gasteiger charge is -2.50. The Kier molecular flexibility index (Phi) is 6.79. The van der Waals surface area contributed by atoms with Crippen molar-refractivity contribution < 1.29 is 9.53 Å². The van der Waals surface area contributed by atoms with E-state index in [1.54, 1.807) is 25.5 Å². The van der Waals surface area contributed by atoms with E-state index >= 15 is 0 Å². The monoisotopic (exact) mass is 485 g/mol. The number of carbonyl (C=O) groups is 1. The third-order valence-electron chi connectivity index (χ3n) is 5.96. The smallest absolute Gasteiger partial charge is 0.275 e. The van der Waals surface area contributed by atoms with Crippen LogP contribution in [-0.2, 0) is 0 Å². The van der Waals surface area contributed by atoms with Crippen LogP contribution in [0, 0.1) is 6.92 Å². The van der Waals surface area contributed by atoms with Gasteiger partial charge in [-0.1, -0.05) is 22.9 Å². The number of rotatable bonds is 5. The topological polar surface area (TPSA) is 53.9 Å². The van der Waals surface area contributed by atoms with Crippen molar-refractivity contribution in [1.82, 2.24) is 5.43 Å². The number of amides is 1. The van der Waals surface area contributed by atoms with E-state index in [1.165, 1.54) is 11.3 Å². The highest BCUT2D eigenvalue weighted by Crippen LogP contribution is 2.45. The van der Waals surface area contributed by atoms with Gasteiger partial charge in [0.05, 0.1) is 18.9 Å². The van der Waals surface area contributed by atoms with Gasteiger partial charge in [0.15, 0.2) is 0 Å². The Hall–Kier alpha value is -2.34. The number of carbonyl (C=O) groups excluding carboxylic acids is 1. The lowest BCUT2D eigenvalue weighted by molar-refractivity contribution is 0.0952. The van der Waals surface area contributed by atoms with Gasteiger partial charge in [-0.15, -0.1) is 0 Å². The van der Waals surface area contributed by atoms with Crippen molar-refractivity contribution in [3.63, 3.8) is 0 Å². The second-order valence-electron chi connectivity index (χ2n) is 9.19. The minimum atomic E-state index is -0.314. The molecule has 166 valence electrons. The van der Waals surface area contributed by atoms with Gasteiger partial charge in [-0.05, 0) is 94.0 Å². The molecule has 3 rings (SSSR count). The molecule has 2 aromatic carbocycles. The van der Waals surface area contributed by atoms with Gasteiger partial charge in [0, 0.05) is 21.7 Å². The fourth-order valence-electron chi connectivity index (χ4n) is 4.81. The molecule has 0 aromatic heterocycles. The molecule has 1 aliphatic heterocycles. The second kappa shape index (κ2) is 9.03. The maximum atomic E-state index is 12.6. The molecule has 1 aliphatic rings. The Morgan fingerprint density at radius 3 is 2.68 bits per heavy atom. The first-order chi connectivity index (χ1) is 14.5. The Morgan fingerprint density at radius 2 is 2.03 bits per heavy atom. The summed E-state index contributed by atoms with van der Waals surface area (Å²) in [6.45, 7) is 13.5. The first kappa shape index (κ1) is 23.3. The maximum Gasteiger partial charge on any atom is 0.275 e. The molecule has 0 spiro atoms.